The highest BCUT2D eigenvalue weighted by Gasteiger charge is 2.17. The molecule has 7 heteroatoms. The molecular formula is C16H30Cl2N4O. The van der Waals surface area contributed by atoms with Crippen molar-refractivity contribution in [3.63, 3.8) is 0 Å². The molecule has 0 bridgehead atoms. The van der Waals surface area contributed by atoms with E-state index in [0.29, 0.717) is 6.04 Å². The van der Waals surface area contributed by atoms with Crippen molar-refractivity contribution in [2.45, 2.75) is 44.7 Å². The molecule has 23 heavy (non-hydrogen) atoms. The minimum absolute atomic E-state index is 0. The van der Waals surface area contributed by atoms with Gasteiger partial charge in [0.2, 0.25) is 0 Å². The molecule has 2 heterocycles. The first kappa shape index (κ1) is 20.7. The predicted octanol–water partition coefficient (Wildman–Crippen LogP) is 2.65. The van der Waals surface area contributed by atoms with Crippen LogP contribution in [0.3, 0.4) is 0 Å². The zero-order valence-corrected chi connectivity index (χ0v) is 15.4. The van der Waals surface area contributed by atoms with Gasteiger partial charge in [0.1, 0.15) is 0 Å². The SMILES string of the molecule is Cl.Cl.c1nn(C2CCCC2)cc1CNCCCN1CCOCC1. The molecule has 5 nitrogen and oxygen atoms in total. The summed E-state index contributed by atoms with van der Waals surface area (Å²) in [6, 6.07) is 0.653. The molecule has 0 amide bonds. The fraction of sp³-hybridized carbons (Fsp3) is 0.812. The first-order valence-corrected chi connectivity index (χ1v) is 8.46. The van der Waals surface area contributed by atoms with E-state index in [1.165, 1.54) is 44.2 Å². The second kappa shape index (κ2) is 11.3. The number of nitrogens with zero attached hydrogens (tertiary/aromatic N) is 3. The number of hydrogen-bond donors (Lipinski definition) is 1. The van der Waals surface area contributed by atoms with E-state index in [1.54, 1.807) is 0 Å². The average molecular weight is 365 g/mol. The molecular weight excluding hydrogens is 335 g/mol. The molecule has 0 atom stereocenters. The second-order valence-electron chi connectivity index (χ2n) is 6.25. The van der Waals surface area contributed by atoms with Gasteiger partial charge >= 0.3 is 0 Å². The largest absolute Gasteiger partial charge is 0.379 e. The van der Waals surface area contributed by atoms with Gasteiger partial charge in [-0.2, -0.15) is 5.10 Å². The van der Waals surface area contributed by atoms with Crippen molar-refractivity contribution in [3.8, 4) is 0 Å². The Morgan fingerprint density at radius 3 is 2.65 bits per heavy atom. The quantitative estimate of drug-likeness (QED) is 0.755. The average Bonchev–Trinajstić information content (AvgIpc) is 3.19. The Bertz CT molecular complexity index is 418. The highest BCUT2D eigenvalue weighted by atomic mass is 35.5. The molecule has 1 aliphatic heterocycles. The summed E-state index contributed by atoms with van der Waals surface area (Å²) in [5.74, 6) is 0. The van der Waals surface area contributed by atoms with E-state index in [1.807, 2.05) is 6.20 Å². The Balaban J connectivity index is 0.00000132. The van der Waals surface area contributed by atoms with Crippen molar-refractivity contribution >= 4 is 24.8 Å². The van der Waals surface area contributed by atoms with Gasteiger partial charge in [-0.15, -0.1) is 24.8 Å². The minimum Gasteiger partial charge on any atom is -0.379 e. The van der Waals surface area contributed by atoms with E-state index in [2.05, 4.69) is 26.2 Å². The Morgan fingerprint density at radius 1 is 1.17 bits per heavy atom. The fourth-order valence-electron chi connectivity index (χ4n) is 3.32. The van der Waals surface area contributed by atoms with Crippen molar-refractivity contribution in [1.29, 1.82) is 0 Å². The summed E-state index contributed by atoms with van der Waals surface area (Å²) in [7, 11) is 0. The van der Waals surface area contributed by atoms with Crippen LogP contribution in [0.15, 0.2) is 12.4 Å². The van der Waals surface area contributed by atoms with Gasteiger partial charge in [-0.1, -0.05) is 12.8 Å². The Labute approximate surface area is 152 Å². The summed E-state index contributed by atoms with van der Waals surface area (Å²) in [6.45, 7) is 7.17. The number of hydrogen-bond acceptors (Lipinski definition) is 4. The number of morpholine rings is 1. The second-order valence-corrected chi connectivity index (χ2v) is 6.25. The van der Waals surface area contributed by atoms with Crippen LogP contribution in [0, 0.1) is 0 Å². The van der Waals surface area contributed by atoms with Gasteiger partial charge in [-0.25, -0.2) is 0 Å². The van der Waals surface area contributed by atoms with Crippen molar-refractivity contribution in [2.24, 2.45) is 0 Å². The molecule has 1 aliphatic carbocycles. The molecule has 0 unspecified atom stereocenters. The highest BCUT2D eigenvalue weighted by Crippen LogP contribution is 2.28. The standard InChI is InChI=1S/C16H28N4O.2ClH/c1-2-5-16(4-1)20-14-15(13-18-20)12-17-6-3-7-19-8-10-21-11-9-19;;/h13-14,16-17H,1-12H2;2*1H. The third-order valence-electron chi connectivity index (χ3n) is 4.61. The fourth-order valence-corrected chi connectivity index (χ4v) is 3.32. The molecule has 1 aromatic rings. The van der Waals surface area contributed by atoms with Gasteiger partial charge in [0.05, 0.1) is 25.5 Å². The van der Waals surface area contributed by atoms with Gasteiger partial charge < -0.3 is 10.1 Å². The van der Waals surface area contributed by atoms with Crippen LogP contribution in [0.1, 0.15) is 43.7 Å². The van der Waals surface area contributed by atoms with Crippen molar-refractivity contribution < 1.29 is 4.74 Å². The van der Waals surface area contributed by atoms with Crippen molar-refractivity contribution in [3.05, 3.63) is 18.0 Å². The Kier molecular flexibility index (Phi) is 10.1. The lowest BCUT2D eigenvalue weighted by Crippen LogP contribution is -2.37. The summed E-state index contributed by atoms with van der Waals surface area (Å²) in [6.07, 6.45) is 10.8. The van der Waals surface area contributed by atoms with E-state index < -0.39 is 0 Å². The topological polar surface area (TPSA) is 42.3 Å². The third-order valence-corrected chi connectivity index (χ3v) is 4.61. The minimum atomic E-state index is 0. The normalized spacial score (nSPS) is 19.3. The summed E-state index contributed by atoms with van der Waals surface area (Å²) < 4.78 is 7.54. The zero-order valence-electron chi connectivity index (χ0n) is 13.8. The van der Waals surface area contributed by atoms with Gasteiger partial charge in [0, 0.05) is 31.4 Å². The van der Waals surface area contributed by atoms with Crippen molar-refractivity contribution in [1.82, 2.24) is 20.0 Å². The van der Waals surface area contributed by atoms with Gasteiger partial charge in [0.15, 0.2) is 0 Å². The van der Waals surface area contributed by atoms with Crippen LogP contribution in [0.2, 0.25) is 0 Å². The lowest BCUT2D eigenvalue weighted by atomic mass is 10.2. The lowest BCUT2D eigenvalue weighted by Gasteiger charge is -2.26. The molecule has 1 N–H and O–H groups in total. The Hall–Kier alpha value is -0.330. The number of nitrogens with one attached hydrogen (secondary N) is 1. The number of rotatable bonds is 7. The first-order chi connectivity index (χ1) is 10.4. The van der Waals surface area contributed by atoms with Crippen LogP contribution in [-0.4, -0.2) is 54.1 Å². The maximum Gasteiger partial charge on any atom is 0.0594 e. The van der Waals surface area contributed by atoms with E-state index in [4.69, 9.17) is 4.74 Å². The van der Waals surface area contributed by atoms with Crippen LogP contribution >= 0.6 is 24.8 Å². The summed E-state index contributed by atoms with van der Waals surface area (Å²) >= 11 is 0. The summed E-state index contributed by atoms with van der Waals surface area (Å²) in [4.78, 5) is 2.49. The molecule has 1 saturated carbocycles. The molecule has 0 radical (unpaired) electrons. The molecule has 1 saturated heterocycles. The summed E-state index contributed by atoms with van der Waals surface area (Å²) in [5.41, 5.74) is 1.31. The van der Waals surface area contributed by atoms with Crippen LogP contribution in [0.5, 0.6) is 0 Å². The maximum absolute atomic E-state index is 5.36. The maximum atomic E-state index is 5.36. The number of aromatic nitrogens is 2. The van der Waals surface area contributed by atoms with E-state index >= 15 is 0 Å². The molecule has 0 aromatic carbocycles. The van der Waals surface area contributed by atoms with Gasteiger partial charge in [-0.3, -0.25) is 9.58 Å². The van der Waals surface area contributed by atoms with Crippen LogP contribution < -0.4 is 5.32 Å². The molecule has 1 aromatic heterocycles. The van der Waals surface area contributed by atoms with Crippen LogP contribution in [-0.2, 0) is 11.3 Å². The molecule has 2 fully saturated rings. The van der Waals surface area contributed by atoms with E-state index in [9.17, 15) is 0 Å². The van der Waals surface area contributed by atoms with E-state index in [0.717, 1.165) is 39.4 Å². The molecule has 3 rings (SSSR count). The molecule has 0 spiro atoms. The number of halogens is 2. The molecule has 134 valence electrons. The first-order valence-electron chi connectivity index (χ1n) is 8.46. The third kappa shape index (κ3) is 6.59. The number of ether oxygens (including phenoxy) is 1. The zero-order chi connectivity index (χ0) is 14.3. The molecule has 2 aliphatic rings. The Morgan fingerprint density at radius 2 is 1.91 bits per heavy atom. The van der Waals surface area contributed by atoms with Gasteiger partial charge in [-0.05, 0) is 32.4 Å². The highest BCUT2D eigenvalue weighted by molar-refractivity contribution is 5.85. The van der Waals surface area contributed by atoms with E-state index in [-0.39, 0.29) is 24.8 Å². The summed E-state index contributed by atoms with van der Waals surface area (Å²) in [5, 5.41) is 8.06. The van der Waals surface area contributed by atoms with Crippen LogP contribution in [0.4, 0.5) is 0 Å². The van der Waals surface area contributed by atoms with Crippen LogP contribution in [0.25, 0.3) is 0 Å². The van der Waals surface area contributed by atoms with Crippen molar-refractivity contribution in [2.75, 3.05) is 39.4 Å². The monoisotopic (exact) mass is 364 g/mol. The van der Waals surface area contributed by atoms with Gasteiger partial charge in [0.25, 0.3) is 0 Å². The lowest BCUT2D eigenvalue weighted by molar-refractivity contribution is 0.0374. The predicted molar refractivity (Wildman–Crippen MR) is 97.8 cm³/mol. The smallest absolute Gasteiger partial charge is 0.0594 e.